The van der Waals surface area contributed by atoms with Crippen LogP contribution in [0.4, 0.5) is 13.2 Å². The van der Waals surface area contributed by atoms with Crippen molar-refractivity contribution in [2.24, 2.45) is 0 Å². The molecule has 0 aliphatic heterocycles. The summed E-state index contributed by atoms with van der Waals surface area (Å²) < 4.78 is 40.3. The first-order chi connectivity index (χ1) is 8.02. The van der Waals surface area contributed by atoms with Gasteiger partial charge in [0, 0.05) is 17.8 Å². The monoisotopic (exact) mass is 240 g/mol. The number of H-pyrrole nitrogens is 1. The third-order valence-corrected chi connectivity index (χ3v) is 2.39. The molecule has 1 heterocycles. The fourth-order valence-electron chi connectivity index (χ4n) is 1.46. The van der Waals surface area contributed by atoms with Crippen molar-refractivity contribution in [3.05, 3.63) is 52.0 Å². The molecule has 1 aromatic heterocycles. The summed E-state index contributed by atoms with van der Waals surface area (Å²) in [5.74, 6) is -3.23. The number of hydrogen-bond acceptors (Lipinski definition) is 2. The predicted molar refractivity (Wildman–Crippen MR) is 54.9 cm³/mol. The van der Waals surface area contributed by atoms with Gasteiger partial charge in [0.15, 0.2) is 0 Å². The standard InChI is InChI=1S/C11H7F3N2O/c1-5-7(12)2-8(13)9(10(5)14)6-3-15-4-16-11(6)17/h2-4H,1H3,(H,15,16,17). The number of aromatic nitrogens is 2. The number of nitrogens with one attached hydrogen (secondary N) is 1. The van der Waals surface area contributed by atoms with Gasteiger partial charge in [-0.3, -0.25) is 4.79 Å². The Bertz CT molecular complexity index is 637. The molecule has 0 atom stereocenters. The highest BCUT2D eigenvalue weighted by Gasteiger charge is 2.19. The molecule has 0 aliphatic rings. The molecular formula is C11H7F3N2O. The Labute approximate surface area is 94.0 Å². The minimum absolute atomic E-state index is 0.273. The first kappa shape index (κ1) is 11.4. The Hall–Kier alpha value is -2.11. The number of benzene rings is 1. The van der Waals surface area contributed by atoms with E-state index in [-0.39, 0.29) is 11.1 Å². The maximum atomic E-state index is 13.7. The van der Waals surface area contributed by atoms with Crippen LogP contribution in [0.15, 0.2) is 23.4 Å². The van der Waals surface area contributed by atoms with Gasteiger partial charge in [0.1, 0.15) is 17.5 Å². The molecule has 1 aromatic carbocycles. The summed E-state index contributed by atoms with van der Waals surface area (Å²) in [4.78, 5) is 17.2. The molecular weight excluding hydrogens is 233 g/mol. The van der Waals surface area contributed by atoms with Crippen LogP contribution in [0.25, 0.3) is 11.1 Å². The molecule has 2 aromatic rings. The highest BCUT2D eigenvalue weighted by atomic mass is 19.1. The molecule has 6 heteroatoms. The fraction of sp³-hybridized carbons (Fsp3) is 0.0909. The second kappa shape index (κ2) is 4.04. The van der Waals surface area contributed by atoms with Crippen LogP contribution in [-0.2, 0) is 0 Å². The van der Waals surface area contributed by atoms with E-state index in [1.165, 1.54) is 0 Å². The number of nitrogens with zero attached hydrogens (tertiary/aromatic N) is 1. The van der Waals surface area contributed by atoms with Crippen LogP contribution in [0, 0.1) is 24.4 Å². The van der Waals surface area contributed by atoms with Crippen LogP contribution in [0.1, 0.15) is 5.56 Å². The lowest BCUT2D eigenvalue weighted by molar-refractivity contribution is 0.536. The van der Waals surface area contributed by atoms with E-state index in [9.17, 15) is 18.0 Å². The Balaban J connectivity index is 2.82. The molecule has 0 fully saturated rings. The molecule has 2 rings (SSSR count). The van der Waals surface area contributed by atoms with Gasteiger partial charge in [0.25, 0.3) is 5.56 Å². The van der Waals surface area contributed by atoms with Gasteiger partial charge in [0.2, 0.25) is 0 Å². The van der Waals surface area contributed by atoms with Gasteiger partial charge < -0.3 is 4.98 Å². The zero-order chi connectivity index (χ0) is 12.6. The van der Waals surface area contributed by atoms with Crippen LogP contribution in [0.2, 0.25) is 0 Å². The highest BCUT2D eigenvalue weighted by molar-refractivity contribution is 5.64. The normalized spacial score (nSPS) is 10.6. The van der Waals surface area contributed by atoms with Gasteiger partial charge in [0.05, 0.1) is 17.5 Å². The molecule has 3 nitrogen and oxygen atoms in total. The van der Waals surface area contributed by atoms with E-state index in [4.69, 9.17) is 0 Å². The summed E-state index contributed by atoms with van der Waals surface area (Å²) in [6.07, 6.45) is 2.12. The van der Waals surface area contributed by atoms with Crippen molar-refractivity contribution in [2.45, 2.75) is 6.92 Å². The minimum atomic E-state index is -1.14. The topological polar surface area (TPSA) is 45.8 Å². The number of halogens is 3. The third-order valence-electron chi connectivity index (χ3n) is 2.39. The zero-order valence-corrected chi connectivity index (χ0v) is 8.72. The average molecular weight is 240 g/mol. The minimum Gasteiger partial charge on any atom is -0.313 e. The average Bonchev–Trinajstić information content (AvgIpc) is 2.29. The van der Waals surface area contributed by atoms with E-state index in [0.717, 1.165) is 19.4 Å². The van der Waals surface area contributed by atoms with Gasteiger partial charge >= 0.3 is 0 Å². The summed E-state index contributed by atoms with van der Waals surface area (Å²) >= 11 is 0. The molecule has 0 radical (unpaired) electrons. The zero-order valence-electron chi connectivity index (χ0n) is 8.72. The smallest absolute Gasteiger partial charge is 0.258 e. The predicted octanol–water partition coefficient (Wildman–Crippen LogP) is 2.16. The first-order valence-electron chi connectivity index (χ1n) is 4.69. The van der Waals surface area contributed by atoms with E-state index < -0.39 is 28.6 Å². The SMILES string of the molecule is Cc1c(F)cc(F)c(-c2cnc[nH]c2=O)c1F. The van der Waals surface area contributed by atoms with Crippen molar-refractivity contribution >= 4 is 0 Å². The second-order valence-electron chi connectivity index (χ2n) is 3.45. The lowest BCUT2D eigenvalue weighted by atomic mass is 10.0. The Morgan fingerprint density at radius 2 is 1.94 bits per heavy atom. The molecule has 17 heavy (non-hydrogen) atoms. The summed E-state index contributed by atoms with van der Waals surface area (Å²) in [5.41, 5.74) is -1.88. The van der Waals surface area contributed by atoms with E-state index in [1.54, 1.807) is 0 Å². The summed E-state index contributed by atoms with van der Waals surface area (Å²) in [6.45, 7) is 1.16. The van der Waals surface area contributed by atoms with Crippen molar-refractivity contribution in [3.63, 3.8) is 0 Å². The molecule has 0 bridgehead atoms. The maximum absolute atomic E-state index is 13.7. The first-order valence-corrected chi connectivity index (χ1v) is 4.69. The molecule has 0 amide bonds. The van der Waals surface area contributed by atoms with Gasteiger partial charge in [-0.25, -0.2) is 18.2 Å². The van der Waals surface area contributed by atoms with Crippen LogP contribution < -0.4 is 5.56 Å². The number of rotatable bonds is 1. The molecule has 0 saturated carbocycles. The van der Waals surface area contributed by atoms with Crippen molar-refractivity contribution in [3.8, 4) is 11.1 Å². The van der Waals surface area contributed by atoms with Gasteiger partial charge in [-0.05, 0) is 6.92 Å². The molecule has 0 spiro atoms. The molecule has 1 N–H and O–H groups in total. The lowest BCUT2D eigenvalue weighted by Crippen LogP contribution is -2.11. The van der Waals surface area contributed by atoms with Crippen molar-refractivity contribution in [1.29, 1.82) is 0 Å². The summed E-state index contributed by atoms with van der Waals surface area (Å²) in [5, 5.41) is 0. The van der Waals surface area contributed by atoms with Crippen molar-refractivity contribution in [2.75, 3.05) is 0 Å². The third kappa shape index (κ3) is 1.82. The highest BCUT2D eigenvalue weighted by Crippen LogP contribution is 2.26. The van der Waals surface area contributed by atoms with E-state index in [0.29, 0.717) is 6.07 Å². The van der Waals surface area contributed by atoms with Crippen LogP contribution in [0.3, 0.4) is 0 Å². The lowest BCUT2D eigenvalue weighted by Gasteiger charge is -2.07. The Morgan fingerprint density at radius 1 is 1.24 bits per heavy atom. The van der Waals surface area contributed by atoms with Crippen LogP contribution in [-0.4, -0.2) is 9.97 Å². The van der Waals surface area contributed by atoms with Gasteiger partial charge in [-0.2, -0.15) is 0 Å². The van der Waals surface area contributed by atoms with E-state index >= 15 is 0 Å². The molecule has 0 unspecified atom stereocenters. The van der Waals surface area contributed by atoms with E-state index in [2.05, 4.69) is 9.97 Å². The maximum Gasteiger partial charge on any atom is 0.258 e. The Morgan fingerprint density at radius 3 is 2.59 bits per heavy atom. The Kier molecular flexibility index (Phi) is 2.71. The summed E-state index contributed by atoms with van der Waals surface area (Å²) in [6, 6.07) is 0.542. The van der Waals surface area contributed by atoms with Gasteiger partial charge in [-0.15, -0.1) is 0 Å². The van der Waals surface area contributed by atoms with Crippen LogP contribution in [0.5, 0.6) is 0 Å². The van der Waals surface area contributed by atoms with Gasteiger partial charge in [-0.1, -0.05) is 0 Å². The fourth-order valence-corrected chi connectivity index (χ4v) is 1.46. The number of hydrogen-bond donors (Lipinski definition) is 1. The van der Waals surface area contributed by atoms with Crippen LogP contribution >= 0.6 is 0 Å². The largest absolute Gasteiger partial charge is 0.313 e. The second-order valence-corrected chi connectivity index (χ2v) is 3.45. The molecule has 0 saturated heterocycles. The number of aromatic amines is 1. The van der Waals surface area contributed by atoms with Crippen molar-refractivity contribution < 1.29 is 13.2 Å². The van der Waals surface area contributed by atoms with E-state index in [1.807, 2.05) is 0 Å². The summed E-state index contributed by atoms with van der Waals surface area (Å²) in [7, 11) is 0. The quantitative estimate of drug-likeness (QED) is 0.830. The molecule has 0 aliphatic carbocycles. The molecule has 88 valence electrons. The van der Waals surface area contributed by atoms with Crippen molar-refractivity contribution in [1.82, 2.24) is 9.97 Å².